The van der Waals surface area contributed by atoms with Gasteiger partial charge in [0.1, 0.15) is 5.82 Å². The van der Waals surface area contributed by atoms with E-state index in [4.69, 9.17) is 5.73 Å². The maximum absolute atomic E-state index is 11.9. The van der Waals surface area contributed by atoms with Crippen LogP contribution in [-0.4, -0.2) is 31.4 Å². The number of nitrogens with one attached hydrogen (secondary N) is 1. The highest BCUT2D eigenvalue weighted by Crippen LogP contribution is 2.22. The van der Waals surface area contributed by atoms with Crippen LogP contribution in [0.25, 0.3) is 0 Å². The first-order chi connectivity index (χ1) is 10.0. The van der Waals surface area contributed by atoms with Crippen molar-refractivity contribution < 1.29 is 4.79 Å². The van der Waals surface area contributed by atoms with Gasteiger partial charge in [0.15, 0.2) is 10.3 Å². The zero-order chi connectivity index (χ0) is 15.4. The smallest absolute Gasteiger partial charge is 0.236 e. The number of rotatable bonds is 6. The number of hydrogen-bond acceptors (Lipinski definition) is 7. The van der Waals surface area contributed by atoms with E-state index in [1.807, 2.05) is 30.7 Å². The fraction of sp³-hybridized carbons (Fsp3) is 0.500. The summed E-state index contributed by atoms with van der Waals surface area (Å²) in [6.07, 6.45) is 0. The second-order valence-electron chi connectivity index (χ2n) is 4.70. The average Bonchev–Trinajstić information content (AvgIpc) is 3.02. The highest BCUT2D eigenvalue weighted by molar-refractivity contribution is 7.99. The highest BCUT2D eigenvalue weighted by atomic mass is 32.2. The normalized spacial score (nSPS) is 11.1. The molecule has 0 aromatic carbocycles. The molecule has 0 spiro atoms. The molecule has 0 unspecified atom stereocenters. The van der Waals surface area contributed by atoms with E-state index >= 15 is 0 Å². The molecule has 0 fully saturated rings. The van der Waals surface area contributed by atoms with Crippen LogP contribution in [0.2, 0.25) is 0 Å². The van der Waals surface area contributed by atoms with E-state index in [-0.39, 0.29) is 17.7 Å². The third kappa shape index (κ3) is 4.02. The number of thioether (sulfide) groups is 1. The molecule has 0 aliphatic rings. The molecule has 7 nitrogen and oxygen atoms in total. The van der Waals surface area contributed by atoms with Crippen molar-refractivity contribution in [1.29, 1.82) is 0 Å². The lowest BCUT2D eigenvalue weighted by Crippen LogP contribution is -2.15. The van der Waals surface area contributed by atoms with Crippen molar-refractivity contribution in [3.8, 4) is 0 Å². The minimum Gasteiger partial charge on any atom is -0.324 e. The molecular formula is C12H18N6OS2. The number of hydrogen-bond donors (Lipinski definition) is 2. The van der Waals surface area contributed by atoms with Crippen molar-refractivity contribution in [2.45, 2.75) is 38.5 Å². The highest BCUT2D eigenvalue weighted by Gasteiger charge is 2.15. The Kier molecular flexibility index (Phi) is 5.32. The van der Waals surface area contributed by atoms with Crippen LogP contribution in [-0.2, 0) is 11.3 Å². The molecule has 2 aromatic rings. The molecule has 21 heavy (non-hydrogen) atoms. The monoisotopic (exact) mass is 326 g/mol. The Morgan fingerprint density at radius 2 is 2.29 bits per heavy atom. The van der Waals surface area contributed by atoms with Crippen LogP contribution in [0.15, 0.2) is 10.5 Å². The molecule has 9 heteroatoms. The van der Waals surface area contributed by atoms with Crippen LogP contribution in [0.4, 0.5) is 5.13 Å². The number of nitrogens with zero attached hydrogens (tertiary/aromatic N) is 4. The van der Waals surface area contributed by atoms with Gasteiger partial charge < -0.3 is 15.6 Å². The predicted octanol–water partition coefficient (Wildman–Crippen LogP) is 1.81. The molecule has 2 aromatic heterocycles. The van der Waals surface area contributed by atoms with Crippen molar-refractivity contribution in [3.05, 3.63) is 16.9 Å². The van der Waals surface area contributed by atoms with Gasteiger partial charge >= 0.3 is 0 Å². The first-order valence-corrected chi connectivity index (χ1v) is 8.36. The first-order valence-electron chi connectivity index (χ1n) is 6.50. The maximum Gasteiger partial charge on any atom is 0.236 e. The molecule has 0 aliphatic carbocycles. The molecular weight excluding hydrogens is 308 g/mol. The quantitative estimate of drug-likeness (QED) is 0.786. The Morgan fingerprint density at radius 1 is 1.52 bits per heavy atom. The molecule has 2 rings (SSSR count). The molecule has 2 heterocycles. The van der Waals surface area contributed by atoms with Gasteiger partial charge in [-0.1, -0.05) is 11.8 Å². The lowest BCUT2D eigenvalue weighted by Gasteiger charge is -2.12. The zero-order valence-electron chi connectivity index (χ0n) is 12.2. The molecule has 0 aliphatic heterocycles. The molecule has 0 saturated carbocycles. The number of carbonyl (C=O) groups excluding carboxylic acids is 1. The minimum absolute atomic E-state index is 0.109. The van der Waals surface area contributed by atoms with E-state index in [0.717, 1.165) is 11.5 Å². The van der Waals surface area contributed by atoms with E-state index < -0.39 is 0 Å². The standard InChI is InChI=1S/C12H18N6OS2/c1-7(2)18-9(4-13)16-17-12(18)21-6-10(19)15-11-14-8(3)5-20-11/h5,7H,4,6,13H2,1-3H3,(H,14,15,19). The first kappa shape index (κ1) is 15.9. The van der Waals surface area contributed by atoms with Crippen LogP contribution < -0.4 is 11.1 Å². The number of anilines is 1. The van der Waals surface area contributed by atoms with Gasteiger partial charge in [-0.3, -0.25) is 4.79 Å². The fourth-order valence-electron chi connectivity index (χ4n) is 1.76. The van der Waals surface area contributed by atoms with Gasteiger partial charge in [-0.25, -0.2) is 4.98 Å². The number of thiazole rings is 1. The third-order valence-electron chi connectivity index (χ3n) is 2.63. The summed E-state index contributed by atoms with van der Waals surface area (Å²) in [5.74, 6) is 0.874. The van der Waals surface area contributed by atoms with Gasteiger partial charge in [0.25, 0.3) is 0 Å². The van der Waals surface area contributed by atoms with Crippen LogP contribution in [0, 0.1) is 6.92 Å². The molecule has 3 N–H and O–H groups in total. The van der Waals surface area contributed by atoms with E-state index in [1.54, 1.807) is 0 Å². The Hall–Kier alpha value is -1.45. The summed E-state index contributed by atoms with van der Waals surface area (Å²) >= 11 is 2.76. The van der Waals surface area contributed by atoms with Gasteiger partial charge in [-0.05, 0) is 20.8 Å². The number of amides is 1. The Balaban J connectivity index is 1.96. The molecule has 0 saturated heterocycles. The summed E-state index contributed by atoms with van der Waals surface area (Å²) in [5, 5.41) is 14.1. The van der Waals surface area contributed by atoms with Gasteiger partial charge in [0.2, 0.25) is 5.91 Å². The molecule has 1 amide bonds. The number of nitrogens with two attached hydrogens (primary N) is 1. The summed E-state index contributed by atoms with van der Waals surface area (Å²) in [6, 6.07) is 0.200. The molecule has 0 radical (unpaired) electrons. The zero-order valence-corrected chi connectivity index (χ0v) is 13.8. The van der Waals surface area contributed by atoms with Crippen molar-refractivity contribution in [3.63, 3.8) is 0 Å². The van der Waals surface area contributed by atoms with Crippen molar-refractivity contribution in [2.24, 2.45) is 5.73 Å². The van der Waals surface area contributed by atoms with E-state index in [9.17, 15) is 4.79 Å². The minimum atomic E-state index is -0.109. The summed E-state index contributed by atoms with van der Waals surface area (Å²) in [7, 11) is 0. The third-order valence-corrected chi connectivity index (χ3v) is 4.45. The Morgan fingerprint density at radius 3 is 2.86 bits per heavy atom. The van der Waals surface area contributed by atoms with Gasteiger partial charge in [-0.15, -0.1) is 21.5 Å². The topological polar surface area (TPSA) is 98.7 Å². The Labute approximate surface area is 131 Å². The molecule has 114 valence electrons. The van der Waals surface area contributed by atoms with Crippen LogP contribution in [0.1, 0.15) is 31.4 Å². The van der Waals surface area contributed by atoms with Gasteiger partial charge in [0, 0.05) is 11.4 Å². The predicted molar refractivity (Wildman–Crippen MR) is 84.5 cm³/mol. The number of aryl methyl sites for hydroxylation is 1. The van der Waals surface area contributed by atoms with Crippen LogP contribution in [0.5, 0.6) is 0 Å². The van der Waals surface area contributed by atoms with E-state index in [1.165, 1.54) is 23.1 Å². The molecule has 0 bridgehead atoms. The lowest BCUT2D eigenvalue weighted by atomic mass is 10.4. The van der Waals surface area contributed by atoms with E-state index in [2.05, 4.69) is 20.5 Å². The molecule has 0 atom stereocenters. The van der Waals surface area contributed by atoms with Crippen molar-refractivity contribution in [1.82, 2.24) is 19.7 Å². The van der Waals surface area contributed by atoms with Crippen LogP contribution in [0.3, 0.4) is 0 Å². The maximum atomic E-state index is 11.9. The summed E-state index contributed by atoms with van der Waals surface area (Å²) in [5.41, 5.74) is 6.54. The summed E-state index contributed by atoms with van der Waals surface area (Å²) < 4.78 is 1.95. The SMILES string of the molecule is Cc1csc(NC(=O)CSc2nnc(CN)n2C(C)C)n1. The summed E-state index contributed by atoms with van der Waals surface area (Å²) in [6.45, 7) is 6.28. The van der Waals surface area contributed by atoms with Crippen molar-refractivity contribution >= 4 is 34.1 Å². The Bertz CT molecular complexity index is 621. The second-order valence-corrected chi connectivity index (χ2v) is 6.50. The second kappa shape index (κ2) is 7.01. The number of aromatic nitrogens is 4. The van der Waals surface area contributed by atoms with Gasteiger partial charge in [0.05, 0.1) is 18.0 Å². The fourth-order valence-corrected chi connectivity index (χ4v) is 3.35. The van der Waals surface area contributed by atoms with Gasteiger partial charge in [-0.2, -0.15) is 0 Å². The van der Waals surface area contributed by atoms with E-state index in [0.29, 0.717) is 16.8 Å². The number of carbonyl (C=O) groups is 1. The summed E-state index contributed by atoms with van der Waals surface area (Å²) in [4.78, 5) is 16.1. The van der Waals surface area contributed by atoms with Crippen molar-refractivity contribution in [2.75, 3.05) is 11.1 Å². The van der Waals surface area contributed by atoms with Crippen LogP contribution >= 0.6 is 23.1 Å². The largest absolute Gasteiger partial charge is 0.324 e. The lowest BCUT2D eigenvalue weighted by molar-refractivity contribution is -0.113. The average molecular weight is 326 g/mol.